The van der Waals surface area contributed by atoms with Gasteiger partial charge in [0.15, 0.2) is 0 Å². The van der Waals surface area contributed by atoms with Crippen LogP contribution in [-0.2, 0) is 0 Å². The summed E-state index contributed by atoms with van der Waals surface area (Å²) in [5.41, 5.74) is 7.13. The van der Waals surface area contributed by atoms with E-state index in [2.05, 4.69) is 47.1 Å². The van der Waals surface area contributed by atoms with Crippen molar-refractivity contribution in [2.24, 2.45) is 5.73 Å². The topological polar surface area (TPSA) is 38.5 Å². The van der Waals surface area contributed by atoms with Crippen molar-refractivity contribution >= 4 is 27.7 Å². The van der Waals surface area contributed by atoms with E-state index in [9.17, 15) is 0 Å². The summed E-state index contributed by atoms with van der Waals surface area (Å²) in [5.74, 6) is 1.98. The van der Waals surface area contributed by atoms with Gasteiger partial charge >= 0.3 is 0 Å². The first-order valence-corrected chi connectivity index (χ1v) is 8.48. The normalized spacial score (nSPS) is 14.5. The van der Waals surface area contributed by atoms with Crippen molar-refractivity contribution in [3.8, 4) is 5.75 Å². The van der Waals surface area contributed by atoms with Crippen LogP contribution >= 0.6 is 27.7 Å². The lowest BCUT2D eigenvalue weighted by Crippen LogP contribution is -2.38. The Balaban J connectivity index is 3.05. The van der Waals surface area contributed by atoms with Crippen LogP contribution in [0.25, 0.3) is 0 Å². The average Bonchev–Trinajstić information content (AvgIpc) is 2.40. The van der Waals surface area contributed by atoms with Gasteiger partial charge in [0, 0.05) is 28.4 Å². The Morgan fingerprint density at radius 3 is 2.68 bits per heavy atom. The third kappa shape index (κ3) is 4.38. The van der Waals surface area contributed by atoms with E-state index < -0.39 is 0 Å². The zero-order chi connectivity index (χ0) is 14.4. The maximum atomic E-state index is 5.99. The van der Waals surface area contributed by atoms with E-state index in [4.69, 9.17) is 10.5 Å². The summed E-state index contributed by atoms with van der Waals surface area (Å²) in [6.07, 6.45) is 2.13. The molecule has 5 heteroatoms. The molecule has 0 saturated carbocycles. The molecule has 0 aliphatic carbocycles. The summed E-state index contributed by atoms with van der Waals surface area (Å²) < 4.78 is 6.51. The molecule has 0 aliphatic rings. The number of halogens is 1. The quantitative estimate of drug-likeness (QED) is 0.822. The van der Waals surface area contributed by atoms with Crippen molar-refractivity contribution in [3.63, 3.8) is 0 Å². The number of hydrogen-bond acceptors (Lipinski definition) is 4. The standard InChI is InChI=1S/C14H23BrN2OS/c1-10(9-19-4)17(2)13(8-16)12-7-11(15)5-6-14(12)18-3/h5-7,10,13H,8-9,16H2,1-4H3. The van der Waals surface area contributed by atoms with Crippen LogP contribution in [0.1, 0.15) is 18.5 Å². The van der Waals surface area contributed by atoms with Gasteiger partial charge in [0.1, 0.15) is 5.75 Å². The van der Waals surface area contributed by atoms with Gasteiger partial charge < -0.3 is 10.5 Å². The van der Waals surface area contributed by atoms with Crippen LogP contribution in [0.4, 0.5) is 0 Å². The van der Waals surface area contributed by atoms with Gasteiger partial charge in [-0.15, -0.1) is 0 Å². The van der Waals surface area contributed by atoms with Gasteiger partial charge in [-0.05, 0) is 38.4 Å². The van der Waals surface area contributed by atoms with Crippen LogP contribution in [0, 0.1) is 0 Å². The summed E-state index contributed by atoms with van der Waals surface area (Å²) in [5, 5.41) is 0. The Labute approximate surface area is 129 Å². The second-order valence-electron chi connectivity index (χ2n) is 4.61. The van der Waals surface area contributed by atoms with Gasteiger partial charge in [-0.25, -0.2) is 0 Å². The fraction of sp³-hybridized carbons (Fsp3) is 0.571. The summed E-state index contributed by atoms with van der Waals surface area (Å²) in [6, 6.07) is 6.69. The minimum atomic E-state index is 0.162. The average molecular weight is 347 g/mol. The number of thioether (sulfide) groups is 1. The summed E-state index contributed by atoms with van der Waals surface area (Å²) in [6.45, 7) is 2.80. The number of rotatable bonds is 7. The number of benzene rings is 1. The first kappa shape index (κ1) is 16.8. The summed E-state index contributed by atoms with van der Waals surface area (Å²) in [7, 11) is 3.82. The van der Waals surface area contributed by atoms with Crippen LogP contribution < -0.4 is 10.5 Å². The Kier molecular flexibility index (Phi) is 7.21. The molecule has 0 bridgehead atoms. The van der Waals surface area contributed by atoms with E-state index in [0.717, 1.165) is 21.5 Å². The van der Waals surface area contributed by atoms with E-state index in [1.165, 1.54) is 0 Å². The van der Waals surface area contributed by atoms with Crippen molar-refractivity contribution < 1.29 is 4.74 Å². The Morgan fingerprint density at radius 1 is 1.47 bits per heavy atom. The van der Waals surface area contributed by atoms with Crippen molar-refractivity contribution in [2.75, 3.05) is 32.7 Å². The molecular formula is C14H23BrN2OS. The lowest BCUT2D eigenvalue weighted by molar-refractivity contribution is 0.200. The van der Waals surface area contributed by atoms with E-state index in [-0.39, 0.29) is 6.04 Å². The van der Waals surface area contributed by atoms with Gasteiger partial charge in [-0.1, -0.05) is 15.9 Å². The maximum absolute atomic E-state index is 5.99. The van der Waals surface area contributed by atoms with Crippen molar-refractivity contribution in [2.45, 2.75) is 19.0 Å². The number of nitrogens with two attached hydrogens (primary N) is 1. The molecule has 1 rings (SSSR count). The molecule has 0 heterocycles. The van der Waals surface area contributed by atoms with Crippen LogP contribution in [0.15, 0.2) is 22.7 Å². The predicted octanol–water partition coefficient (Wildman–Crippen LogP) is 3.14. The van der Waals surface area contributed by atoms with Crippen molar-refractivity contribution in [1.29, 1.82) is 0 Å². The van der Waals surface area contributed by atoms with Gasteiger partial charge in [0.05, 0.1) is 13.2 Å². The Bertz CT molecular complexity index is 403. The monoisotopic (exact) mass is 346 g/mol. The summed E-state index contributed by atoms with van der Waals surface area (Å²) >= 11 is 5.37. The highest BCUT2D eigenvalue weighted by Crippen LogP contribution is 2.32. The third-order valence-corrected chi connectivity index (χ3v) is 4.68. The Morgan fingerprint density at radius 2 is 2.16 bits per heavy atom. The highest BCUT2D eigenvalue weighted by atomic mass is 79.9. The number of nitrogens with zero attached hydrogens (tertiary/aromatic N) is 1. The molecule has 0 fully saturated rings. The zero-order valence-electron chi connectivity index (χ0n) is 12.0. The lowest BCUT2D eigenvalue weighted by atomic mass is 10.0. The molecule has 0 aromatic heterocycles. The molecule has 1 aromatic carbocycles. The van der Waals surface area contributed by atoms with Gasteiger partial charge in [0.25, 0.3) is 0 Å². The maximum Gasteiger partial charge on any atom is 0.123 e. The summed E-state index contributed by atoms with van der Waals surface area (Å²) in [4.78, 5) is 2.32. The van der Waals surface area contributed by atoms with Crippen molar-refractivity contribution in [3.05, 3.63) is 28.2 Å². The smallest absolute Gasteiger partial charge is 0.123 e. The van der Waals surface area contributed by atoms with Crippen LogP contribution in [-0.4, -0.2) is 43.7 Å². The number of ether oxygens (including phenoxy) is 1. The van der Waals surface area contributed by atoms with E-state index in [1.807, 2.05) is 23.9 Å². The predicted molar refractivity (Wildman–Crippen MR) is 88.1 cm³/mol. The highest BCUT2D eigenvalue weighted by Gasteiger charge is 2.23. The fourth-order valence-corrected chi connectivity index (χ4v) is 3.24. The molecule has 0 amide bonds. The molecule has 2 atom stereocenters. The minimum absolute atomic E-state index is 0.162. The second-order valence-corrected chi connectivity index (χ2v) is 6.43. The largest absolute Gasteiger partial charge is 0.496 e. The fourth-order valence-electron chi connectivity index (χ4n) is 2.14. The molecule has 108 valence electrons. The Hall–Kier alpha value is -0.230. The third-order valence-electron chi connectivity index (χ3n) is 3.37. The van der Waals surface area contributed by atoms with Crippen LogP contribution in [0.3, 0.4) is 0 Å². The van der Waals surface area contributed by atoms with E-state index >= 15 is 0 Å². The highest BCUT2D eigenvalue weighted by molar-refractivity contribution is 9.10. The van der Waals surface area contributed by atoms with E-state index in [1.54, 1.807) is 7.11 Å². The minimum Gasteiger partial charge on any atom is -0.496 e. The SMILES string of the molecule is COc1ccc(Br)cc1C(CN)N(C)C(C)CSC. The molecule has 2 N–H and O–H groups in total. The molecular weight excluding hydrogens is 324 g/mol. The molecule has 0 aliphatic heterocycles. The van der Waals surface area contributed by atoms with Gasteiger partial charge in [-0.3, -0.25) is 4.90 Å². The lowest BCUT2D eigenvalue weighted by Gasteiger charge is -2.33. The zero-order valence-corrected chi connectivity index (χ0v) is 14.4. The first-order valence-electron chi connectivity index (χ1n) is 6.29. The molecule has 0 radical (unpaired) electrons. The van der Waals surface area contributed by atoms with Crippen LogP contribution in [0.5, 0.6) is 5.75 Å². The number of methoxy groups -OCH3 is 1. The molecule has 19 heavy (non-hydrogen) atoms. The van der Waals surface area contributed by atoms with Gasteiger partial charge in [-0.2, -0.15) is 11.8 Å². The number of likely N-dealkylation sites (N-methyl/N-ethyl adjacent to an activating group) is 1. The van der Waals surface area contributed by atoms with Crippen LogP contribution in [0.2, 0.25) is 0 Å². The van der Waals surface area contributed by atoms with Gasteiger partial charge in [0.2, 0.25) is 0 Å². The molecule has 0 saturated heterocycles. The molecule has 0 spiro atoms. The van der Waals surface area contributed by atoms with Crippen molar-refractivity contribution in [1.82, 2.24) is 4.90 Å². The second kappa shape index (κ2) is 8.15. The first-order chi connectivity index (χ1) is 9.04. The molecule has 1 aromatic rings. The molecule has 2 unspecified atom stereocenters. The van der Waals surface area contributed by atoms with E-state index in [0.29, 0.717) is 12.6 Å². The molecule has 3 nitrogen and oxygen atoms in total. The number of hydrogen-bond donors (Lipinski definition) is 1.